The molecule has 0 unspecified atom stereocenters. The smallest absolute Gasteiger partial charge is 0.150 e. The lowest BCUT2D eigenvalue weighted by Crippen LogP contribution is -1.99. The van der Waals surface area contributed by atoms with Crippen molar-refractivity contribution in [3.8, 4) is 12.5 Å². The van der Waals surface area contributed by atoms with Crippen LogP contribution < -0.4 is 0 Å². The zero-order valence-electron chi connectivity index (χ0n) is 8.81. The van der Waals surface area contributed by atoms with Gasteiger partial charge in [0.1, 0.15) is 0 Å². The van der Waals surface area contributed by atoms with Gasteiger partial charge in [-0.2, -0.15) is 0 Å². The third-order valence-corrected chi connectivity index (χ3v) is 1.51. The Hall–Kier alpha value is -2.08. The lowest BCUT2D eigenvalue weighted by Gasteiger charge is -1.93. The van der Waals surface area contributed by atoms with Crippen LogP contribution in [0.2, 0.25) is 0 Å². The van der Waals surface area contributed by atoms with Gasteiger partial charge in [-0.25, -0.2) is 0 Å². The second-order valence-corrected chi connectivity index (χ2v) is 2.89. The van der Waals surface area contributed by atoms with Crippen molar-refractivity contribution in [2.45, 2.75) is 0 Å². The quantitative estimate of drug-likeness (QED) is 0.415. The summed E-state index contributed by atoms with van der Waals surface area (Å²) in [5.74, 6) is 0. The van der Waals surface area contributed by atoms with Gasteiger partial charge in [-0.1, -0.05) is 30.7 Å². The number of aldehydes is 2. The highest BCUT2D eigenvalue weighted by Gasteiger charge is 1.95. The molecule has 0 heterocycles. The average molecular weight is 203 g/mol. The molecule has 1 aromatic carbocycles. The molecule has 0 aliphatic carbocycles. The largest absolute Gasteiger partial charge is 0.339 e. The van der Waals surface area contributed by atoms with Crippen molar-refractivity contribution in [1.82, 2.24) is 4.90 Å². The van der Waals surface area contributed by atoms with Crippen LogP contribution >= 0.6 is 0 Å². The molecule has 0 aliphatic heterocycles. The van der Waals surface area contributed by atoms with Crippen LogP contribution in [0, 0.1) is 12.5 Å². The molecule has 15 heavy (non-hydrogen) atoms. The van der Waals surface area contributed by atoms with Gasteiger partial charge >= 0.3 is 0 Å². The Labute approximate surface area is 89.7 Å². The minimum Gasteiger partial charge on any atom is -0.339 e. The zero-order chi connectivity index (χ0) is 11.7. The molecule has 78 valence electrons. The van der Waals surface area contributed by atoms with Crippen LogP contribution in [0.15, 0.2) is 24.3 Å². The van der Waals surface area contributed by atoms with Crippen LogP contribution in [0.3, 0.4) is 0 Å². The number of terminal acetylenes is 1. The van der Waals surface area contributed by atoms with Gasteiger partial charge in [0.2, 0.25) is 0 Å². The first kappa shape index (κ1) is 12.9. The lowest BCUT2D eigenvalue weighted by molar-refractivity contribution is 0.109. The maximum atomic E-state index is 10.2. The Morgan fingerprint density at radius 1 is 1.13 bits per heavy atom. The van der Waals surface area contributed by atoms with Gasteiger partial charge in [0, 0.05) is 31.3 Å². The number of carbonyl (C=O) groups is 2. The minimum atomic E-state index is 0.442. The summed E-state index contributed by atoms with van der Waals surface area (Å²) in [6.45, 7) is 0. The Balaban J connectivity index is 0.000000336. The lowest BCUT2D eigenvalue weighted by atomic mass is 10.1. The van der Waals surface area contributed by atoms with Crippen molar-refractivity contribution in [2.75, 3.05) is 14.1 Å². The zero-order valence-corrected chi connectivity index (χ0v) is 8.81. The summed E-state index contributed by atoms with van der Waals surface area (Å²) < 4.78 is 0. The van der Waals surface area contributed by atoms with Crippen LogP contribution in [0.25, 0.3) is 0 Å². The van der Waals surface area contributed by atoms with Crippen molar-refractivity contribution in [3.63, 3.8) is 0 Å². The minimum absolute atomic E-state index is 0.442. The van der Waals surface area contributed by atoms with E-state index in [4.69, 9.17) is 6.42 Å². The van der Waals surface area contributed by atoms with E-state index >= 15 is 0 Å². The second-order valence-electron chi connectivity index (χ2n) is 2.89. The molecule has 0 atom stereocenters. The van der Waals surface area contributed by atoms with E-state index in [0.29, 0.717) is 23.7 Å². The van der Waals surface area contributed by atoms with Crippen LogP contribution in [0.1, 0.15) is 20.7 Å². The average Bonchev–Trinajstić information content (AvgIpc) is 2.29. The summed E-state index contributed by atoms with van der Waals surface area (Å²) in [5, 5.41) is 0. The molecule has 0 amide bonds. The Bertz CT molecular complexity index is 337. The van der Waals surface area contributed by atoms with Gasteiger partial charge in [0.15, 0.2) is 12.6 Å². The molecule has 1 aromatic rings. The van der Waals surface area contributed by atoms with Gasteiger partial charge in [0.25, 0.3) is 0 Å². The summed E-state index contributed by atoms with van der Waals surface area (Å²) in [7, 11) is 3.64. The number of benzene rings is 1. The molecule has 0 saturated heterocycles. The number of hydrogen-bond donors (Lipinski definition) is 0. The number of carbonyl (C=O) groups excluding carboxylic acids is 2. The molecular weight excluding hydrogens is 190 g/mol. The first-order valence-electron chi connectivity index (χ1n) is 4.28. The fraction of sp³-hybridized carbons (Fsp3) is 0.167. The Morgan fingerprint density at radius 2 is 1.47 bits per heavy atom. The second kappa shape index (κ2) is 7.34. The van der Waals surface area contributed by atoms with Crippen LogP contribution in [0.5, 0.6) is 0 Å². The van der Waals surface area contributed by atoms with Crippen molar-refractivity contribution < 1.29 is 9.59 Å². The van der Waals surface area contributed by atoms with E-state index in [2.05, 4.69) is 6.04 Å². The fourth-order valence-corrected chi connectivity index (χ4v) is 0.726. The molecule has 0 radical (unpaired) electrons. The van der Waals surface area contributed by atoms with Crippen LogP contribution in [0.4, 0.5) is 0 Å². The van der Waals surface area contributed by atoms with Crippen molar-refractivity contribution in [3.05, 3.63) is 35.4 Å². The maximum Gasteiger partial charge on any atom is 0.150 e. The number of hydrogen-bond acceptors (Lipinski definition) is 3. The maximum absolute atomic E-state index is 10.2. The van der Waals surface area contributed by atoms with Crippen molar-refractivity contribution >= 4 is 12.6 Å². The van der Waals surface area contributed by atoms with E-state index in [9.17, 15) is 9.59 Å². The molecule has 3 nitrogen and oxygen atoms in total. The van der Waals surface area contributed by atoms with Crippen molar-refractivity contribution in [1.29, 1.82) is 0 Å². The molecule has 0 aromatic heterocycles. The van der Waals surface area contributed by atoms with Gasteiger partial charge in [0.05, 0.1) is 0 Å². The highest BCUT2D eigenvalue weighted by molar-refractivity contribution is 5.89. The molecule has 0 spiro atoms. The molecule has 1 rings (SSSR count). The van der Waals surface area contributed by atoms with Crippen LogP contribution in [-0.4, -0.2) is 31.6 Å². The van der Waals surface area contributed by atoms with Crippen molar-refractivity contribution in [2.24, 2.45) is 0 Å². The van der Waals surface area contributed by atoms with E-state index in [1.807, 2.05) is 14.1 Å². The van der Waals surface area contributed by atoms with Crippen LogP contribution in [-0.2, 0) is 0 Å². The summed E-state index contributed by atoms with van der Waals surface area (Å²) >= 11 is 0. The summed E-state index contributed by atoms with van der Waals surface area (Å²) in [6, 6.07) is 9.01. The molecule has 0 fully saturated rings. The summed E-state index contributed by atoms with van der Waals surface area (Å²) in [5.41, 5.74) is 0.884. The van der Waals surface area contributed by atoms with Gasteiger partial charge in [-0.3, -0.25) is 9.59 Å². The molecule has 0 aliphatic rings. The highest BCUT2D eigenvalue weighted by Crippen LogP contribution is 2.01. The van der Waals surface area contributed by atoms with Gasteiger partial charge in [-0.05, 0) is 0 Å². The Morgan fingerprint density at radius 3 is 1.67 bits per heavy atom. The van der Waals surface area contributed by atoms with E-state index in [1.54, 1.807) is 29.2 Å². The first-order valence-corrected chi connectivity index (χ1v) is 4.28. The van der Waals surface area contributed by atoms with E-state index in [-0.39, 0.29) is 0 Å². The van der Waals surface area contributed by atoms with E-state index < -0.39 is 0 Å². The summed E-state index contributed by atoms with van der Waals surface area (Å²) in [6.07, 6.45) is 6.19. The number of rotatable bonds is 2. The van der Waals surface area contributed by atoms with Gasteiger partial charge < -0.3 is 4.90 Å². The fourth-order valence-electron chi connectivity index (χ4n) is 0.726. The molecule has 0 bridgehead atoms. The molecule has 0 saturated carbocycles. The topological polar surface area (TPSA) is 37.4 Å². The normalized spacial score (nSPS) is 7.80. The highest BCUT2D eigenvalue weighted by atomic mass is 16.1. The third-order valence-electron chi connectivity index (χ3n) is 1.51. The van der Waals surface area contributed by atoms with E-state index in [1.165, 1.54) is 0 Å². The van der Waals surface area contributed by atoms with E-state index in [0.717, 1.165) is 0 Å². The number of nitrogens with zero attached hydrogens (tertiary/aromatic N) is 1. The first-order chi connectivity index (χ1) is 7.15. The standard InChI is InChI=1S/C8H6O2.C4H7N/c9-5-7-3-1-2-4-8(7)6-10;1-4-5(2)3/h1-6H;1H,2-3H3. The molecular formula is C12H13NO2. The van der Waals surface area contributed by atoms with Gasteiger partial charge in [-0.15, -0.1) is 0 Å². The Kier molecular flexibility index (Phi) is 6.32. The predicted molar refractivity (Wildman–Crippen MR) is 59.7 cm³/mol. The SMILES string of the molecule is C#CN(C)C.O=Cc1ccccc1C=O. The monoisotopic (exact) mass is 203 g/mol. The third kappa shape index (κ3) is 5.27. The molecule has 3 heteroatoms. The molecule has 0 N–H and O–H groups in total. The summed E-state index contributed by atoms with van der Waals surface area (Å²) in [4.78, 5) is 22.1. The predicted octanol–water partition coefficient (Wildman–Crippen LogP) is 1.45.